The van der Waals surface area contributed by atoms with Gasteiger partial charge in [0.2, 0.25) is 0 Å². The highest BCUT2D eigenvalue weighted by Gasteiger charge is 2.33. The molecule has 108 valence electrons. The van der Waals surface area contributed by atoms with Crippen molar-refractivity contribution in [2.45, 2.75) is 0 Å². The lowest BCUT2D eigenvalue weighted by molar-refractivity contribution is 0.339. The van der Waals surface area contributed by atoms with Crippen LogP contribution in [-0.2, 0) is 0 Å². The Morgan fingerprint density at radius 3 is 3.19 bits per heavy atom. The molecule has 2 aromatic rings. The van der Waals surface area contributed by atoms with Crippen molar-refractivity contribution >= 4 is 33.6 Å². The third-order valence-corrected chi connectivity index (χ3v) is 4.81. The van der Waals surface area contributed by atoms with E-state index in [1.165, 1.54) is 0 Å². The standard InChI is InChI=1S/C15H14N2O3S/c1-19-11-7-10(6-9-2-5-20-14(9)11)13-12(8-18)21-15-16-3-4-17(13)15/h2,5-7,18H,3-4,8H2,1H3. The van der Waals surface area contributed by atoms with E-state index in [9.17, 15) is 5.11 Å². The summed E-state index contributed by atoms with van der Waals surface area (Å²) in [6.45, 7) is 1.67. The fourth-order valence-corrected chi connectivity index (χ4v) is 3.85. The summed E-state index contributed by atoms with van der Waals surface area (Å²) in [5.74, 6) is 0.701. The molecule has 3 heterocycles. The molecule has 0 fully saturated rings. The Hall–Kier alpha value is -1.92. The van der Waals surface area contributed by atoms with Crippen LogP contribution in [0.5, 0.6) is 5.75 Å². The number of fused-ring (bicyclic) bond motifs is 2. The summed E-state index contributed by atoms with van der Waals surface area (Å²) < 4.78 is 10.9. The van der Waals surface area contributed by atoms with E-state index >= 15 is 0 Å². The second-order valence-corrected chi connectivity index (χ2v) is 5.93. The molecule has 0 radical (unpaired) electrons. The first kappa shape index (κ1) is 12.8. The summed E-state index contributed by atoms with van der Waals surface area (Å²) in [4.78, 5) is 7.56. The van der Waals surface area contributed by atoms with Gasteiger partial charge in [-0.2, -0.15) is 0 Å². The van der Waals surface area contributed by atoms with E-state index in [1.807, 2.05) is 12.1 Å². The minimum Gasteiger partial charge on any atom is -0.493 e. The van der Waals surface area contributed by atoms with Crippen molar-refractivity contribution in [1.29, 1.82) is 0 Å². The predicted molar refractivity (Wildman–Crippen MR) is 83.4 cm³/mol. The maximum atomic E-state index is 9.64. The molecule has 1 N–H and O–H groups in total. The average molecular weight is 302 g/mol. The lowest BCUT2D eigenvalue weighted by Crippen LogP contribution is -2.20. The largest absolute Gasteiger partial charge is 0.493 e. The second kappa shape index (κ2) is 4.82. The minimum atomic E-state index is 0.0151. The van der Waals surface area contributed by atoms with E-state index in [-0.39, 0.29) is 6.61 Å². The van der Waals surface area contributed by atoms with Crippen molar-refractivity contribution in [1.82, 2.24) is 4.90 Å². The van der Waals surface area contributed by atoms with E-state index in [0.29, 0.717) is 5.75 Å². The van der Waals surface area contributed by atoms with E-state index in [4.69, 9.17) is 9.15 Å². The van der Waals surface area contributed by atoms with E-state index in [1.54, 1.807) is 25.1 Å². The van der Waals surface area contributed by atoms with Gasteiger partial charge in [0.1, 0.15) is 0 Å². The first-order chi connectivity index (χ1) is 10.3. The Morgan fingerprint density at radius 2 is 2.38 bits per heavy atom. The molecule has 0 unspecified atom stereocenters. The number of furan rings is 1. The highest BCUT2D eigenvalue weighted by atomic mass is 32.2. The molecule has 1 aromatic carbocycles. The van der Waals surface area contributed by atoms with Crippen LogP contribution in [0, 0.1) is 0 Å². The molecule has 0 amide bonds. The van der Waals surface area contributed by atoms with Crippen molar-refractivity contribution in [3.8, 4) is 5.75 Å². The van der Waals surface area contributed by atoms with Crippen LogP contribution in [0.4, 0.5) is 0 Å². The topological polar surface area (TPSA) is 58.2 Å². The van der Waals surface area contributed by atoms with Crippen LogP contribution in [0.1, 0.15) is 5.56 Å². The van der Waals surface area contributed by atoms with Crippen LogP contribution in [0.2, 0.25) is 0 Å². The number of aliphatic hydroxyl groups excluding tert-OH is 1. The van der Waals surface area contributed by atoms with Gasteiger partial charge in [0.05, 0.1) is 32.2 Å². The van der Waals surface area contributed by atoms with Crippen LogP contribution < -0.4 is 4.74 Å². The summed E-state index contributed by atoms with van der Waals surface area (Å²) in [5.41, 5.74) is 2.79. The molecule has 0 saturated carbocycles. The second-order valence-electron chi connectivity index (χ2n) is 4.87. The van der Waals surface area contributed by atoms with Gasteiger partial charge >= 0.3 is 0 Å². The van der Waals surface area contributed by atoms with Gasteiger partial charge in [-0.3, -0.25) is 4.99 Å². The van der Waals surface area contributed by atoms with Crippen LogP contribution >= 0.6 is 11.8 Å². The highest BCUT2D eigenvalue weighted by Crippen LogP contribution is 2.43. The molecular weight excluding hydrogens is 288 g/mol. The van der Waals surface area contributed by atoms with E-state index in [0.717, 1.165) is 45.4 Å². The smallest absolute Gasteiger partial charge is 0.175 e. The number of benzene rings is 1. The van der Waals surface area contributed by atoms with Gasteiger partial charge in [0.15, 0.2) is 16.5 Å². The number of methoxy groups -OCH3 is 1. The predicted octanol–water partition coefficient (Wildman–Crippen LogP) is 2.52. The summed E-state index contributed by atoms with van der Waals surface area (Å²) in [6, 6.07) is 5.94. The maximum Gasteiger partial charge on any atom is 0.175 e. The Labute approximate surface area is 125 Å². The number of aliphatic hydroxyl groups is 1. The SMILES string of the molecule is COc1cc(C2=C(CO)SC3=NCCN32)cc2ccoc12. The number of hydrogen-bond acceptors (Lipinski definition) is 6. The van der Waals surface area contributed by atoms with Gasteiger partial charge in [-0.15, -0.1) is 0 Å². The number of thioether (sulfide) groups is 1. The summed E-state index contributed by atoms with van der Waals surface area (Å²) in [6.07, 6.45) is 1.66. The Bertz CT molecular complexity index is 778. The average Bonchev–Trinajstić information content (AvgIpc) is 3.19. The number of amidine groups is 1. The van der Waals surface area contributed by atoms with E-state index < -0.39 is 0 Å². The van der Waals surface area contributed by atoms with Crippen LogP contribution in [0.15, 0.2) is 38.8 Å². The van der Waals surface area contributed by atoms with Crippen LogP contribution in [0.3, 0.4) is 0 Å². The van der Waals surface area contributed by atoms with Gasteiger partial charge in [0, 0.05) is 22.4 Å². The lowest BCUT2D eigenvalue weighted by atomic mass is 10.1. The number of aliphatic imine (C=N–C) groups is 1. The highest BCUT2D eigenvalue weighted by molar-refractivity contribution is 8.17. The fraction of sp³-hybridized carbons (Fsp3) is 0.267. The van der Waals surface area contributed by atoms with Crippen LogP contribution in [-0.4, -0.2) is 42.0 Å². The zero-order chi connectivity index (χ0) is 14.4. The Kier molecular flexibility index (Phi) is 2.94. The fourth-order valence-electron chi connectivity index (χ4n) is 2.79. The minimum absolute atomic E-state index is 0.0151. The molecule has 0 aliphatic carbocycles. The molecule has 21 heavy (non-hydrogen) atoms. The zero-order valence-corrected chi connectivity index (χ0v) is 12.3. The van der Waals surface area contributed by atoms with Crippen LogP contribution in [0.25, 0.3) is 16.7 Å². The van der Waals surface area contributed by atoms with Crippen molar-refractivity contribution in [2.75, 3.05) is 26.8 Å². The Morgan fingerprint density at radius 1 is 1.48 bits per heavy atom. The van der Waals surface area contributed by atoms with Gasteiger partial charge in [-0.1, -0.05) is 11.8 Å². The Balaban J connectivity index is 1.90. The molecule has 2 aliphatic heterocycles. The normalized spacial score (nSPS) is 17.6. The quantitative estimate of drug-likeness (QED) is 0.944. The van der Waals surface area contributed by atoms with Crippen molar-refractivity contribution < 1.29 is 14.3 Å². The van der Waals surface area contributed by atoms with Crippen molar-refractivity contribution in [3.63, 3.8) is 0 Å². The first-order valence-corrected chi connectivity index (χ1v) is 7.53. The van der Waals surface area contributed by atoms with Gasteiger partial charge < -0.3 is 19.2 Å². The molecule has 1 aromatic heterocycles. The molecule has 0 saturated heterocycles. The molecule has 5 nitrogen and oxygen atoms in total. The summed E-state index contributed by atoms with van der Waals surface area (Å²) >= 11 is 1.55. The van der Waals surface area contributed by atoms with Gasteiger partial charge in [0.25, 0.3) is 0 Å². The van der Waals surface area contributed by atoms with Gasteiger partial charge in [-0.25, -0.2) is 0 Å². The summed E-state index contributed by atoms with van der Waals surface area (Å²) in [7, 11) is 1.63. The molecule has 0 spiro atoms. The zero-order valence-electron chi connectivity index (χ0n) is 11.5. The van der Waals surface area contributed by atoms with Gasteiger partial charge in [-0.05, 0) is 18.2 Å². The third-order valence-electron chi connectivity index (χ3n) is 3.70. The first-order valence-electron chi connectivity index (χ1n) is 6.71. The summed E-state index contributed by atoms with van der Waals surface area (Å²) in [5, 5.41) is 11.6. The number of rotatable bonds is 3. The monoisotopic (exact) mass is 302 g/mol. The lowest BCUT2D eigenvalue weighted by Gasteiger charge is -2.18. The number of ether oxygens (including phenoxy) is 1. The van der Waals surface area contributed by atoms with E-state index in [2.05, 4.69) is 16.0 Å². The van der Waals surface area contributed by atoms with Crippen molar-refractivity contribution in [2.24, 2.45) is 4.99 Å². The molecular formula is C15H14N2O3S. The number of hydrogen-bond donors (Lipinski definition) is 1. The third kappa shape index (κ3) is 1.86. The van der Waals surface area contributed by atoms with Crippen molar-refractivity contribution in [3.05, 3.63) is 34.9 Å². The number of nitrogens with zero attached hydrogens (tertiary/aromatic N) is 2. The maximum absolute atomic E-state index is 9.64. The molecule has 0 bridgehead atoms. The molecule has 0 atom stereocenters. The molecule has 6 heteroatoms. The molecule has 4 rings (SSSR count). The molecule has 2 aliphatic rings.